The third kappa shape index (κ3) is 5.33. The van der Waals surface area contributed by atoms with Crippen LogP contribution in [0, 0.1) is 12.9 Å². The van der Waals surface area contributed by atoms with Gasteiger partial charge >= 0.3 is 0 Å². The highest BCUT2D eigenvalue weighted by Gasteiger charge is 2.13. The van der Waals surface area contributed by atoms with Gasteiger partial charge in [0.05, 0.1) is 5.02 Å². The molecule has 0 spiro atoms. The van der Waals surface area contributed by atoms with Gasteiger partial charge in [0.1, 0.15) is 5.69 Å². The Morgan fingerprint density at radius 3 is 2.52 bits per heavy atom. The number of carbonyl (C=O) groups excluding carboxylic acids is 2. The molecule has 0 bridgehead atoms. The molecule has 0 aliphatic rings. The van der Waals surface area contributed by atoms with Crippen molar-refractivity contribution < 1.29 is 14.0 Å². The second kappa shape index (κ2) is 9.79. The van der Waals surface area contributed by atoms with Gasteiger partial charge in [-0.3, -0.25) is 14.6 Å². The van der Waals surface area contributed by atoms with Gasteiger partial charge in [0.2, 0.25) is 11.9 Å². The van der Waals surface area contributed by atoms with Crippen molar-refractivity contribution in [3.8, 4) is 11.1 Å². The third-order valence-corrected chi connectivity index (χ3v) is 5.47. The van der Waals surface area contributed by atoms with Crippen LogP contribution in [0.1, 0.15) is 41.5 Å². The van der Waals surface area contributed by atoms with E-state index in [2.05, 4.69) is 9.97 Å². The number of aryl methyl sites for hydroxylation is 2. The second-order valence-corrected chi connectivity index (χ2v) is 7.61. The summed E-state index contributed by atoms with van der Waals surface area (Å²) in [5, 5.41) is 0.494. The lowest BCUT2D eigenvalue weighted by Crippen LogP contribution is -2.24. The number of carbonyl (C=O) groups is 2. The molecule has 1 aromatic carbocycles. The van der Waals surface area contributed by atoms with Crippen LogP contribution >= 0.6 is 11.6 Å². The number of hydrogen-bond acceptors (Lipinski definition) is 4. The highest BCUT2D eigenvalue weighted by atomic mass is 35.5. The maximum atomic E-state index is 13.1. The van der Waals surface area contributed by atoms with Crippen LogP contribution in [0.5, 0.6) is 0 Å². The molecule has 3 rings (SSSR count). The van der Waals surface area contributed by atoms with Crippen LogP contribution in [-0.4, -0.2) is 28.7 Å². The number of Topliss-reactive ketones (excluding diaryl/α,β-unsaturated/α-hetero) is 1. The van der Waals surface area contributed by atoms with Gasteiger partial charge < -0.3 is 4.90 Å². The zero-order chi connectivity index (χ0) is 22.5. The number of anilines is 1. The molecule has 0 fully saturated rings. The molecule has 2 aromatic heterocycles. The molecule has 0 saturated heterocycles. The summed E-state index contributed by atoms with van der Waals surface area (Å²) in [6.45, 7) is 3.53. The number of halogens is 2. The maximum absolute atomic E-state index is 13.1. The van der Waals surface area contributed by atoms with E-state index in [4.69, 9.17) is 11.6 Å². The molecule has 31 heavy (non-hydrogen) atoms. The van der Waals surface area contributed by atoms with E-state index in [0.717, 1.165) is 16.7 Å². The SMILES string of the molecule is CCC(=O)N(C)c1ccc(-c2ccc(C(=O)CCc3ccc(F)nc3C)nc2)c(Cl)c1. The topological polar surface area (TPSA) is 63.2 Å². The first-order valence-electron chi connectivity index (χ1n) is 9.98. The van der Waals surface area contributed by atoms with Crippen molar-refractivity contribution in [1.29, 1.82) is 0 Å². The minimum Gasteiger partial charge on any atom is -0.315 e. The highest BCUT2D eigenvalue weighted by Crippen LogP contribution is 2.31. The summed E-state index contributed by atoms with van der Waals surface area (Å²) >= 11 is 6.44. The second-order valence-electron chi connectivity index (χ2n) is 7.20. The average molecular weight is 440 g/mol. The summed E-state index contributed by atoms with van der Waals surface area (Å²) in [5.41, 5.74) is 4.03. The predicted octanol–water partition coefficient (Wildman–Crippen LogP) is 5.43. The fourth-order valence-corrected chi connectivity index (χ4v) is 3.53. The van der Waals surface area contributed by atoms with Crippen LogP contribution in [0.25, 0.3) is 11.1 Å². The fourth-order valence-electron chi connectivity index (χ4n) is 3.25. The van der Waals surface area contributed by atoms with Crippen molar-refractivity contribution in [2.75, 3.05) is 11.9 Å². The van der Waals surface area contributed by atoms with Gasteiger partial charge in [-0.05, 0) is 43.2 Å². The Labute approximate surface area is 185 Å². The quantitative estimate of drug-likeness (QED) is 0.363. The average Bonchev–Trinajstić information content (AvgIpc) is 2.77. The Hall–Kier alpha value is -3.12. The smallest absolute Gasteiger partial charge is 0.226 e. The van der Waals surface area contributed by atoms with Crippen molar-refractivity contribution in [1.82, 2.24) is 9.97 Å². The van der Waals surface area contributed by atoms with Gasteiger partial charge in [0, 0.05) is 48.6 Å². The number of nitrogens with zero attached hydrogens (tertiary/aromatic N) is 3. The lowest BCUT2D eigenvalue weighted by molar-refractivity contribution is -0.118. The van der Waals surface area contributed by atoms with E-state index in [9.17, 15) is 14.0 Å². The van der Waals surface area contributed by atoms with Crippen LogP contribution in [0.2, 0.25) is 5.02 Å². The van der Waals surface area contributed by atoms with Gasteiger partial charge in [-0.15, -0.1) is 0 Å². The van der Waals surface area contributed by atoms with E-state index in [0.29, 0.717) is 34.9 Å². The number of rotatable bonds is 7. The van der Waals surface area contributed by atoms with Crippen LogP contribution in [0.3, 0.4) is 0 Å². The first-order valence-corrected chi connectivity index (χ1v) is 10.4. The van der Waals surface area contributed by atoms with E-state index >= 15 is 0 Å². The number of hydrogen-bond donors (Lipinski definition) is 0. The summed E-state index contributed by atoms with van der Waals surface area (Å²) in [7, 11) is 1.71. The Bertz CT molecular complexity index is 1120. The Kier molecular flexibility index (Phi) is 7.13. The fraction of sp³-hybridized carbons (Fsp3) is 0.250. The van der Waals surface area contributed by atoms with Crippen molar-refractivity contribution in [2.45, 2.75) is 33.1 Å². The standard InChI is InChI=1S/C24H23ClFN3O2/c1-4-24(31)29(3)18-8-9-19(20(25)13-18)17-5-10-21(27-14-17)22(30)11-6-16-7-12-23(26)28-15(16)2/h5,7-10,12-14H,4,6,11H2,1-3H3. The van der Waals surface area contributed by atoms with Crippen LogP contribution in [-0.2, 0) is 11.2 Å². The van der Waals surface area contributed by atoms with Crippen LogP contribution in [0.4, 0.5) is 10.1 Å². The van der Waals surface area contributed by atoms with E-state index in [-0.39, 0.29) is 18.1 Å². The zero-order valence-electron chi connectivity index (χ0n) is 17.7. The molecular weight excluding hydrogens is 417 g/mol. The number of ketones is 1. The molecular formula is C24H23ClFN3O2. The van der Waals surface area contributed by atoms with Gasteiger partial charge in [-0.25, -0.2) is 4.98 Å². The zero-order valence-corrected chi connectivity index (χ0v) is 18.4. The van der Waals surface area contributed by atoms with Gasteiger partial charge in [-0.1, -0.05) is 36.7 Å². The van der Waals surface area contributed by atoms with Crippen molar-refractivity contribution in [3.05, 3.63) is 76.6 Å². The van der Waals surface area contributed by atoms with E-state index in [1.807, 2.05) is 12.1 Å². The summed E-state index contributed by atoms with van der Waals surface area (Å²) in [5.74, 6) is -0.628. The normalized spacial score (nSPS) is 10.7. The van der Waals surface area contributed by atoms with E-state index in [1.54, 1.807) is 56.3 Å². The van der Waals surface area contributed by atoms with Crippen molar-refractivity contribution >= 4 is 29.0 Å². The summed E-state index contributed by atoms with van der Waals surface area (Å²) in [4.78, 5) is 34.0. The van der Waals surface area contributed by atoms with E-state index in [1.165, 1.54) is 6.07 Å². The van der Waals surface area contributed by atoms with Crippen LogP contribution < -0.4 is 4.90 Å². The lowest BCUT2D eigenvalue weighted by atomic mass is 10.0. The molecule has 160 valence electrons. The molecule has 3 aromatic rings. The first-order chi connectivity index (χ1) is 14.8. The predicted molar refractivity (Wildman–Crippen MR) is 120 cm³/mol. The van der Waals surface area contributed by atoms with Gasteiger partial charge in [0.25, 0.3) is 0 Å². The molecule has 1 amide bonds. The number of benzene rings is 1. The third-order valence-electron chi connectivity index (χ3n) is 5.16. The van der Waals surface area contributed by atoms with Crippen LogP contribution in [0.15, 0.2) is 48.7 Å². The minimum absolute atomic E-state index is 0.0000362. The number of aromatic nitrogens is 2. The molecule has 0 aliphatic carbocycles. The highest BCUT2D eigenvalue weighted by molar-refractivity contribution is 6.33. The van der Waals surface area contributed by atoms with Gasteiger partial charge in [-0.2, -0.15) is 4.39 Å². The Morgan fingerprint density at radius 2 is 1.90 bits per heavy atom. The van der Waals surface area contributed by atoms with E-state index < -0.39 is 5.95 Å². The minimum atomic E-state index is -0.528. The Balaban J connectivity index is 1.70. The number of amides is 1. The van der Waals surface area contributed by atoms with Crippen molar-refractivity contribution in [3.63, 3.8) is 0 Å². The maximum Gasteiger partial charge on any atom is 0.226 e. The summed E-state index contributed by atoms with van der Waals surface area (Å²) in [6.07, 6.45) is 2.75. The summed E-state index contributed by atoms with van der Waals surface area (Å²) in [6, 6.07) is 11.8. The molecule has 0 radical (unpaired) electrons. The molecule has 2 heterocycles. The molecule has 0 atom stereocenters. The monoisotopic (exact) mass is 439 g/mol. The molecule has 5 nitrogen and oxygen atoms in total. The molecule has 0 unspecified atom stereocenters. The summed E-state index contributed by atoms with van der Waals surface area (Å²) < 4.78 is 13.1. The molecule has 7 heteroatoms. The van der Waals surface area contributed by atoms with Crippen molar-refractivity contribution in [2.24, 2.45) is 0 Å². The molecule has 0 saturated carbocycles. The largest absolute Gasteiger partial charge is 0.315 e. The lowest BCUT2D eigenvalue weighted by Gasteiger charge is -2.17. The molecule has 0 aliphatic heterocycles. The van der Waals surface area contributed by atoms with Gasteiger partial charge in [0.15, 0.2) is 5.78 Å². The number of pyridine rings is 2. The first kappa shape index (κ1) is 22.6. The molecule has 0 N–H and O–H groups in total. The Morgan fingerprint density at radius 1 is 1.13 bits per heavy atom.